The van der Waals surface area contributed by atoms with Crippen LogP contribution in [0, 0.1) is 0 Å². The molecule has 0 aliphatic carbocycles. The van der Waals surface area contributed by atoms with E-state index in [4.69, 9.17) is 4.74 Å². The number of nitrogens with one attached hydrogen (secondary N) is 1. The van der Waals surface area contributed by atoms with Crippen molar-refractivity contribution in [3.63, 3.8) is 0 Å². The molecule has 0 saturated heterocycles. The number of hydrogen-bond acceptors (Lipinski definition) is 5. The second-order valence-corrected chi connectivity index (χ2v) is 7.81. The van der Waals surface area contributed by atoms with Crippen molar-refractivity contribution >= 4 is 16.1 Å². The molecule has 0 unspecified atom stereocenters. The molecule has 0 saturated carbocycles. The highest BCUT2D eigenvalue weighted by Gasteiger charge is 2.07. The van der Waals surface area contributed by atoms with Crippen LogP contribution in [0.15, 0.2) is 76.9 Å². The minimum Gasteiger partial charge on any atom is -0.497 e. The van der Waals surface area contributed by atoms with E-state index in [2.05, 4.69) is 9.82 Å². The summed E-state index contributed by atoms with van der Waals surface area (Å²) < 4.78 is 33.0. The van der Waals surface area contributed by atoms with Gasteiger partial charge in [0.05, 0.1) is 19.3 Å². The highest BCUT2D eigenvalue weighted by Crippen LogP contribution is 2.19. The van der Waals surface area contributed by atoms with Crippen LogP contribution in [-0.4, -0.2) is 31.9 Å². The number of rotatable bonds is 8. The molecule has 0 atom stereocenters. The number of aromatic nitrogens is 2. The maximum absolute atomic E-state index is 12.1. The Kier molecular flexibility index (Phi) is 6.58. The van der Waals surface area contributed by atoms with E-state index >= 15 is 0 Å². The van der Waals surface area contributed by atoms with Gasteiger partial charge in [-0.25, -0.2) is 17.8 Å². The summed E-state index contributed by atoms with van der Waals surface area (Å²) in [4.78, 5) is 12.1. The fourth-order valence-electron chi connectivity index (χ4n) is 2.60. The number of nitrogens with zero attached hydrogens (tertiary/aromatic N) is 2. The summed E-state index contributed by atoms with van der Waals surface area (Å²) in [5.74, 6) is 0.722. The molecule has 7 nitrogen and oxygen atoms in total. The first-order chi connectivity index (χ1) is 14.0. The van der Waals surface area contributed by atoms with E-state index in [1.807, 2.05) is 30.3 Å². The van der Waals surface area contributed by atoms with E-state index < -0.39 is 10.0 Å². The molecule has 0 spiro atoms. The lowest BCUT2D eigenvalue weighted by molar-refractivity contribution is 0.415. The van der Waals surface area contributed by atoms with Gasteiger partial charge >= 0.3 is 0 Å². The molecule has 0 aliphatic rings. The summed E-state index contributed by atoms with van der Waals surface area (Å²) in [6.45, 7) is 0.154. The lowest BCUT2D eigenvalue weighted by Gasteiger charge is -2.08. The SMILES string of the molecule is COc1ccc(-c2ccc(=O)n(CCNS(=O)(=O)/C=C/c3ccccc3)n2)cc1. The van der Waals surface area contributed by atoms with Crippen LogP contribution in [0.1, 0.15) is 5.56 Å². The Morgan fingerprint density at radius 3 is 2.45 bits per heavy atom. The monoisotopic (exact) mass is 411 g/mol. The lowest BCUT2D eigenvalue weighted by atomic mass is 10.1. The largest absolute Gasteiger partial charge is 0.497 e. The number of ether oxygens (including phenoxy) is 1. The van der Waals surface area contributed by atoms with Gasteiger partial charge in [-0.1, -0.05) is 30.3 Å². The van der Waals surface area contributed by atoms with Crippen molar-refractivity contribution in [3.05, 3.63) is 88.1 Å². The Bertz CT molecular complexity index is 1140. The van der Waals surface area contributed by atoms with Crippen molar-refractivity contribution in [3.8, 4) is 17.0 Å². The predicted octanol–water partition coefficient (Wildman–Crippen LogP) is 2.51. The summed E-state index contributed by atoms with van der Waals surface area (Å²) in [5.41, 5.74) is 1.91. The third-order valence-corrected chi connectivity index (χ3v) is 5.22. The maximum atomic E-state index is 12.1. The number of methoxy groups -OCH3 is 1. The molecule has 1 N–H and O–H groups in total. The Hall–Kier alpha value is -3.23. The fourth-order valence-corrected chi connectivity index (χ4v) is 3.41. The van der Waals surface area contributed by atoms with Gasteiger partial charge in [0.1, 0.15) is 5.75 Å². The molecular weight excluding hydrogens is 390 g/mol. The Labute approximate surface area is 169 Å². The first kappa shape index (κ1) is 20.5. The van der Waals surface area contributed by atoms with Gasteiger partial charge in [0.15, 0.2) is 0 Å². The molecule has 1 heterocycles. The van der Waals surface area contributed by atoms with E-state index in [1.165, 1.54) is 16.8 Å². The average Bonchev–Trinajstić information content (AvgIpc) is 2.74. The van der Waals surface area contributed by atoms with E-state index in [9.17, 15) is 13.2 Å². The van der Waals surface area contributed by atoms with Crippen LogP contribution in [-0.2, 0) is 16.6 Å². The maximum Gasteiger partial charge on any atom is 0.266 e. The highest BCUT2D eigenvalue weighted by atomic mass is 32.2. The molecule has 3 aromatic rings. The van der Waals surface area contributed by atoms with Gasteiger partial charge in [-0.05, 0) is 42.0 Å². The van der Waals surface area contributed by atoms with Gasteiger partial charge in [-0.15, -0.1) is 0 Å². The molecule has 0 bridgehead atoms. The second-order valence-electron chi connectivity index (χ2n) is 6.16. The van der Waals surface area contributed by atoms with Gasteiger partial charge in [-0.2, -0.15) is 5.10 Å². The van der Waals surface area contributed by atoms with Crippen molar-refractivity contribution in [1.82, 2.24) is 14.5 Å². The standard InChI is InChI=1S/C21H21N3O4S/c1-28-19-9-7-18(8-10-19)20-11-12-21(25)24(23-20)15-14-22-29(26,27)16-13-17-5-3-2-4-6-17/h2-13,16,22H,14-15H2,1H3/b16-13+. The zero-order valence-electron chi connectivity index (χ0n) is 15.9. The number of sulfonamides is 1. The number of benzene rings is 2. The van der Waals surface area contributed by atoms with E-state index in [-0.39, 0.29) is 18.6 Å². The Balaban J connectivity index is 1.65. The van der Waals surface area contributed by atoms with Crippen LogP contribution < -0.4 is 15.0 Å². The molecule has 1 aromatic heterocycles. The molecule has 29 heavy (non-hydrogen) atoms. The third kappa shape index (κ3) is 5.87. The molecule has 0 amide bonds. The fraction of sp³-hybridized carbons (Fsp3) is 0.143. The minimum atomic E-state index is -3.62. The summed E-state index contributed by atoms with van der Waals surface area (Å²) in [5, 5.41) is 5.43. The van der Waals surface area contributed by atoms with E-state index in [0.717, 1.165) is 22.3 Å². The lowest BCUT2D eigenvalue weighted by Crippen LogP contribution is -2.31. The molecule has 3 rings (SSSR count). The van der Waals surface area contributed by atoms with Gasteiger partial charge in [0.25, 0.3) is 5.56 Å². The van der Waals surface area contributed by atoms with E-state index in [1.54, 1.807) is 37.4 Å². The first-order valence-corrected chi connectivity index (χ1v) is 10.5. The summed E-state index contributed by atoms with van der Waals surface area (Å²) >= 11 is 0. The Morgan fingerprint density at radius 1 is 1.03 bits per heavy atom. The van der Waals surface area contributed by atoms with Crippen LogP contribution in [0.5, 0.6) is 5.75 Å². The molecule has 0 aliphatic heterocycles. The van der Waals surface area contributed by atoms with Gasteiger partial charge in [0.2, 0.25) is 10.0 Å². The zero-order chi connectivity index (χ0) is 20.7. The average molecular weight is 411 g/mol. The van der Waals surface area contributed by atoms with Gasteiger partial charge in [-0.3, -0.25) is 4.79 Å². The van der Waals surface area contributed by atoms with Crippen molar-refractivity contribution in [2.24, 2.45) is 0 Å². The minimum absolute atomic E-state index is 0.0421. The molecule has 0 fully saturated rings. The van der Waals surface area contributed by atoms with E-state index in [0.29, 0.717) is 5.69 Å². The predicted molar refractivity (Wildman–Crippen MR) is 113 cm³/mol. The van der Waals surface area contributed by atoms with Gasteiger partial charge in [0, 0.05) is 23.6 Å². The molecule has 0 radical (unpaired) electrons. The van der Waals surface area contributed by atoms with Crippen LogP contribution in [0.4, 0.5) is 0 Å². The van der Waals surface area contributed by atoms with Gasteiger partial charge < -0.3 is 4.74 Å². The van der Waals surface area contributed by atoms with Crippen molar-refractivity contribution < 1.29 is 13.2 Å². The molecule has 2 aromatic carbocycles. The topological polar surface area (TPSA) is 90.3 Å². The Morgan fingerprint density at radius 2 is 1.76 bits per heavy atom. The quantitative estimate of drug-likeness (QED) is 0.615. The van der Waals surface area contributed by atoms with Crippen molar-refractivity contribution in [2.75, 3.05) is 13.7 Å². The molecular formula is C21H21N3O4S. The normalized spacial score (nSPS) is 11.6. The highest BCUT2D eigenvalue weighted by molar-refractivity contribution is 7.92. The summed E-state index contributed by atoms with van der Waals surface area (Å²) in [6.07, 6.45) is 1.51. The second kappa shape index (κ2) is 9.31. The van der Waals surface area contributed by atoms with Crippen molar-refractivity contribution in [2.45, 2.75) is 6.54 Å². The first-order valence-electron chi connectivity index (χ1n) is 8.92. The molecule has 8 heteroatoms. The van der Waals surface area contributed by atoms with Crippen molar-refractivity contribution in [1.29, 1.82) is 0 Å². The smallest absolute Gasteiger partial charge is 0.266 e. The van der Waals surface area contributed by atoms with Crippen LogP contribution >= 0.6 is 0 Å². The molecule has 150 valence electrons. The zero-order valence-corrected chi connectivity index (χ0v) is 16.7. The van der Waals surface area contributed by atoms with Crippen LogP contribution in [0.2, 0.25) is 0 Å². The summed E-state index contributed by atoms with van der Waals surface area (Å²) in [6, 6.07) is 19.5. The number of hydrogen-bond donors (Lipinski definition) is 1. The summed E-state index contributed by atoms with van der Waals surface area (Å²) in [7, 11) is -2.03. The third-order valence-electron chi connectivity index (χ3n) is 4.12. The van der Waals surface area contributed by atoms with Crippen LogP contribution in [0.25, 0.3) is 17.3 Å². The van der Waals surface area contributed by atoms with Crippen LogP contribution in [0.3, 0.4) is 0 Å².